The van der Waals surface area contributed by atoms with Gasteiger partial charge in [0.15, 0.2) is 0 Å². The molecule has 1 aromatic carbocycles. The number of halogens is 1. The first-order chi connectivity index (χ1) is 11.4. The van der Waals surface area contributed by atoms with Gasteiger partial charge in [-0.1, -0.05) is 11.6 Å². The molecule has 0 atom stereocenters. The minimum atomic E-state index is -0.456. The largest absolute Gasteiger partial charge is 0.370 e. The number of carbonyl (C=O) groups excluding carboxylic acids is 1. The molecule has 0 saturated heterocycles. The Bertz CT molecular complexity index is 990. The maximum absolute atomic E-state index is 13.0. The van der Waals surface area contributed by atoms with Gasteiger partial charge in [-0.3, -0.25) is 14.2 Å². The Kier molecular flexibility index (Phi) is 4.43. The lowest BCUT2D eigenvalue weighted by Gasteiger charge is -2.12. The van der Waals surface area contributed by atoms with Crippen molar-refractivity contribution in [2.45, 2.75) is 26.8 Å². The minimum absolute atomic E-state index is 0.0792. The summed E-state index contributed by atoms with van der Waals surface area (Å²) in [5.41, 5.74) is 6.81. The highest BCUT2D eigenvalue weighted by atomic mass is 35.5. The molecular weight excluding hydrogens is 346 g/mol. The molecule has 0 saturated carbocycles. The van der Waals surface area contributed by atoms with Crippen LogP contribution in [0.5, 0.6) is 0 Å². The molecule has 0 aliphatic heterocycles. The Balaban J connectivity index is 2.29. The first-order valence-corrected chi connectivity index (χ1v) is 8.62. The smallest absolute Gasteiger partial charge is 0.262 e. The van der Waals surface area contributed by atoms with Gasteiger partial charge in [-0.2, -0.15) is 0 Å². The van der Waals surface area contributed by atoms with Crippen molar-refractivity contribution in [3.05, 3.63) is 50.1 Å². The second kappa shape index (κ2) is 6.37. The molecule has 0 spiro atoms. The van der Waals surface area contributed by atoms with Gasteiger partial charge in [-0.05, 0) is 43.7 Å². The van der Waals surface area contributed by atoms with Crippen LogP contribution in [0.15, 0.2) is 29.1 Å². The monoisotopic (exact) mass is 361 g/mol. The summed E-state index contributed by atoms with van der Waals surface area (Å²) >= 11 is 7.44. The van der Waals surface area contributed by atoms with Crippen LogP contribution in [0.4, 0.5) is 0 Å². The lowest BCUT2D eigenvalue weighted by atomic mass is 10.1. The summed E-state index contributed by atoms with van der Waals surface area (Å²) in [5, 5.41) is 1.22. The number of primary amides is 1. The third kappa shape index (κ3) is 2.95. The molecule has 3 aromatic rings. The maximum atomic E-state index is 13.0. The highest BCUT2D eigenvalue weighted by Gasteiger charge is 2.17. The second-order valence-electron chi connectivity index (χ2n) is 5.58. The number of benzene rings is 1. The van der Waals surface area contributed by atoms with Gasteiger partial charge in [0.25, 0.3) is 5.56 Å². The standard InChI is InChI=1S/C17H16ClN3O2S/c1-9-10(2)24-16-14(9)17(23)21(8-7-13(19)22)15(20-16)11-3-5-12(18)6-4-11/h3-6H,7-8H2,1-2H3,(H2,19,22). The van der Waals surface area contributed by atoms with Gasteiger partial charge in [0.1, 0.15) is 10.7 Å². The third-order valence-electron chi connectivity index (χ3n) is 3.97. The van der Waals surface area contributed by atoms with E-state index in [9.17, 15) is 9.59 Å². The Morgan fingerprint density at radius 2 is 1.96 bits per heavy atom. The summed E-state index contributed by atoms with van der Waals surface area (Å²) in [5.74, 6) is 0.0638. The number of rotatable bonds is 4. The molecular formula is C17H16ClN3O2S. The number of nitrogens with two attached hydrogens (primary N) is 1. The van der Waals surface area contributed by atoms with E-state index in [1.165, 1.54) is 15.9 Å². The number of hydrogen-bond acceptors (Lipinski definition) is 4. The lowest BCUT2D eigenvalue weighted by molar-refractivity contribution is -0.118. The first-order valence-electron chi connectivity index (χ1n) is 7.43. The molecule has 0 radical (unpaired) electrons. The van der Waals surface area contributed by atoms with E-state index in [0.29, 0.717) is 21.1 Å². The number of fused-ring (bicyclic) bond motifs is 1. The van der Waals surface area contributed by atoms with Gasteiger partial charge >= 0.3 is 0 Å². The molecule has 7 heteroatoms. The van der Waals surface area contributed by atoms with Crippen LogP contribution in [0.3, 0.4) is 0 Å². The summed E-state index contributed by atoms with van der Waals surface area (Å²) in [6, 6.07) is 7.11. The first kappa shape index (κ1) is 16.7. The Morgan fingerprint density at radius 3 is 2.58 bits per heavy atom. The number of nitrogens with zero attached hydrogens (tertiary/aromatic N) is 2. The molecule has 0 bridgehead atoms. The topological polar surface area (TPSA) is 78.0 Å². The molecule has 0 aliphatic carbocycles. The molecule has 0 aliphatic rings. The van der Waals surface area contributed by atoms with Crippen LogP contribution in [0.25, 0.3) is 21.6 Å². The quantitative estimate of drug-likeness (QED) is 0.774. The summed E-state index contributed by atoms with van der Waals surface area (Å²) in [6.07, 6.45) is 0.0792. The van der Waals surface area contributed by atoms with Crippen molar-refractivity contribution in [1.82, 2.24) is 9.55 Å². The highest BCUT2D eigenvalue weighted by Crippen LogP contribution is 2.29. The number of thiophene rings is 1. The Labute approximate surface area is 147 Å². The van der Waals surface area contributed by atoms with Gasteiger partial charge in [0, 0.05) is 28.4 Å². The van der Waals surface area contributed by atoms with Crippen LogP contribution in [-0.2, 0) is 11.3 Å². The average molecular weight is 362 g/mol. The third-order valence-corrected chi connectivity index (χ3v) is 5.33. The fourth-order valence-electron chi connectivity index (χ4n) is 2.58. The van der Waals surface area contributed by atoms with E-state index < -0.39 is 5.91 Å². The predicted molar refractivity (Wildman–Crippen MR) is 97.6 cm³/mol. The van der Waals surface area contributed by atoms with Crippen LogP contribution in [0.1, 0.15) is 16.9 Å². The number of aryl methyl sites for hydroxylation is 2. The lowest BCUT2D eigenvalue weighted by Crippen LogP contribution is -2.26. The van der Waals surface area contributed by atoms with E-state index in [0.717, 1.165) is 16.0 Å². The molecule has 2 heterocycles. The van der Waals surface area contributed by atoms with E-state index in [1.807, 2.05) is 26.0 Å². The van der Waals surface area contributed by atoms with Crippen LogP contribution < -0.4 is 11.3 Å². The van der Waals surface area contributed by atoms with E-state index in [2.05, 4.69) is 4.98 Å². The average Bonchev–Trinajstić information content (AvgIpc) is 2.81. The van der Waals surface area contributed by atoms with Gasteiger partial charge in [-0.25, -0.2) is 4.98 Å². The molecule has 3 rings (SSSR count). The summed E-state index contributed by atoms with van der Waals surface area (Å²) in [4.78, 5) is 30.6. The summed E-state index contributed by atoms with van der Waals surface area (Å²) in [7, 11) is 0. The zero-order valence-corrected chi connectivity index (χ0v) is 14.9. The van der Waals surface area contributed by atoms with E-state index in [-0.39, 0.29) is 18.5 Å². The van der Waals surface area contributed by atoms with Crippen LogP contribution in [0.2, 0.25) is 5.02 Å². The summed E-state index contributed by atoms with van der Waals surface area (Å²) < 4.78 is 1.52. The summed E-state index contributed by atoms with van der Waals surface area (Å²) in [6.45, 7) is 4.08. The molecule has 5 nitrogen and oxygen atoms in total. The van der Waals surface area contributed by atoms with Crippen molar-refractivity contribution in [2.75, 3.05) is 0 Å². The minimum Gasteiger partial charge on any atom is -0.370 e. The Hall–Kier alpha value is -2.18. The van der Waals surface area contributed by atoms with E-state index >= 15 is 0 Å². The Morgan fingerprint density at radius 1 is 1.29 bits per heavy atom. The zero-order chi connectivity index (χ0) is 17.4. The number of aromatic nitrogens is 2. The van der Waals surface area contributed by atoms with Crippen molar-refractivity contribution in [3.63, 3.8) is 0 Å². The van der Waals surface area contributed by atoms with E-state index in [1.54, 1.807) is 12.1 Å². The molecule has 24 heavy (non-hydrogen) atoms. The van der Waals surface area contributed by atoms with Gasteiger partial charge < -0.3 is 5.73 Å². The van der Waals surface area contributed by atoms with Crippen LogP contribution in [-0.4, -0.2) is 15.5 Å². The molecule has 124 valence electrons. The van der Waals surface area contributed by atoms with Crippen LogP contribution in [0, 0.1) is 13.8 Å². The van der Waals surface area contributed by atoms with Crippen molar-refractivity contribution in [2.24, 2.45) is 5.73 Å². The van der Waals surface area contributed by atoms with E-state index in [4.69, 9.17) is 17.3 Å². The van der Waals surface area contributed by atoms with Crippen LogP contribution >= 0.6 is 22.9 Å². The second-order valence-corrected chi connectivity index (χ2v) is 7.22. The van der Waals surface area contributed by atoms with Gasteiger partial charge in [0.2, 0.25) is 5.91 Å². The maximum Gasteiger partial charge on any atom is 0.262 e. The zero-order valence-electron chi connectivity index (χ0n) is 13.3. The van der Waals surface area contributed by atoms with Crippen molar-refractivity contribution in [1.29, 1.82) is 0 Å². The fraction of sp³-hybridized carbons (Fsp3) is 0.235. The highest BCUT2D eigenvalue weighted by molar-refractivity contribution is 7.18. The van der Waals surface area contributed by atoms with Crippen molar-refractivity contribution >= 4 is 39.1 Å². The number of amides is 1. The van der Waals surface area contributed by atoms with Gasteiger partial charge in [-0.15, -0.1) is 11.3 Å². The molecule has 0 unspecified atom stereocenters. The number of hydrogen-bond donors (Lipinski definition) is 1. The normalized spacial score (nSPS) is 11.1. The number of carbonyl (C=O) groups is 1. The van der Waals surface area contributed by atoms with Gasteiger partial charge in [0.05, 0.1) is 5.39 Å². The molecule has 1 amide bonds. The fourth-order valence-corrected chi connectivity index (χ4v) is 3.72. The molecule has 2 aromatic heterocycles. The molecule has 2 N–H and O–H groups in total. The molecule has 0 fully saturated rings. The predicted octanol–water partition coefficient (Wildman–Crippen LogP) is 3.27. The van der Waals surface area contributed by atoms with Crippen molar-refractivity contribution < 1.29 is 4.79 Å². The SMILES string of the molecule is Cc1sc2nc(-c3ccc(Cl)cc3)n(CCC(N)=O)c(=O)c2c1C. The van der Waals surface area contributed by atoms with Crippen molar-refractivity contribution in [3.8, 4) is 11.4 Å².